The Morgan fingerprint density at radius 2 is 1.90 bits per heavy atom. The molecule has 2 heterocycles. The number of nitrogens with one attached hydrogen (secondary N) is 2. The number of H-pyrrole nitrogens is 1. The molecule has 2 N–H and O–H groups in total. The van der Waals surface area contributed by atoms with E-state index >= 15 is 0 Å². The second-order valence-electron chi connectivity index (χ2n) is 7.24. The number of amides is 1. The van der Waals surface area contributed by atoms with E-state index < -0.39 is 16.1 Å². The van der Waals surface area contributed by atoms with Crippen molar-refractivity contribution in [2.75, 3.05) is 13.1 Å². The van der Waals surface area contributed by atoms with Gasteiger partial charge in [-0.15, -0.1) is 0 Å². The summed E-state index contributed by atoms with van der Waals surface area (Å²) in [7, 11) is -3.65. The van der Waals surface area contributed by atoms with E-state index in [0.29, 0.717) is 23.9 Å². The maximum absolute atomic E-state index is 12.7. The third-order valence-electron chi connectivity index (χ3n) is 5.10. The van der Waals surface area contributed by atoms with Crippen molar-refractivity contribution < 1.29 is 13.2 Å². The summed E-state index contributed by atoms with van der Waals surface area (Å²) in [5.41, 5.74) is 1.79. The zero-order chi connectivity index (χ0) is 21.5. The van der Waals surface area contributed by atoms with Gasteiger partial charge in [0, 0.05) is 23.7 Å². The van der Waals surface area contributed by atoms with Crippen molar-refractivity contribution in [3.05, 3.63) is 57.8 Å². The zero-order valence-corrected chi connectivity index (χ0v) is 18.5. The molecule has 1 amide bonds. The highest BCUT2D eigenvalue weighted by Gasteiger charge is 2.29. The number of carbonyl (C=O) groups excluding carboxylic acids is 1. The van der Waals surface area contributed by atoms with Crippen LogP contribution in [0.4, 0.5) is 0 Å². The summed E-state index contributed by atoms with van der Waals surface area (Å²) < 4.78 is 26.9. The standard InChI is InChI=1S/C20H20Cl2N4O3S/c1-12(19-24-16-6-5-14(21)11-17(16)25-19)23-20(27)13-4-7-18(15(22)10-13)30(28,29)26-8-2-3-9-26/h4-7,10-12H,2-3,8-9H2,1H3,(H,23,27)(H,24,25). The fraction of sp³-hybridized carbons (Fsp3) is 0.300. The fourth-order valence-corrected chi connectivity index (χ4v) is 5.68. The first-order valence-corrected chi connectivity index (χ1v) is 11.7. The Kier molecular flexibility index (Phi) is 5.76. The summed E-state index contributed by atoms with van der Waals surface area (Å²) in [5.74, 6) is 0.202. The Hall–Kier alpha value is -2.13. The van der Waals surface area contributed by atoms with Crippen LogP contribution >= 0.6 is 23.2 Å². The van der Waals surface area contributed by atoms with Crippen LogP contribution in [-0.2, 0) is 10.0 Å². The van der Waals surface area contributed by atoms with Gasteiger partial charge >= 0.3 is 0 Å². The van der Waals surface area contributed by atoms with Crippen LogP contribution in [0.1, 0.15) is 42.0 Å². The van der Waals surface area contributed by atoms with Gasteiger partial charge in [0.1, 0.15) is 10.7 Å². The lowest BCUT2D eigenvalue weighted by Crippen LogP contribution is -2.29. The van der Waals surface area contributed by atoms with Gasteiger partial charge in [-0.2, -0.15) is 4.31 Å². The molecule has 1 unspecified atom stereocenters. The van der Waals surface area contributed by atoms with Crippen LogP contribution in [-0.4, -0.2) is 41.7 Å². The molecule has 3 aromatic rings. The van der Waals surface area contributed by atoms with Gasteiger partial charge in [-0.25, -0.2) is 13.4 Å². The molecule has 1 saturated heterocycles. The number of aromatic nitrogens is 2. The predicted molar refractivity (Wildman–Crippen MR) is 116 cm³/mol. The number of hydrogen-bond acceptors (Lipinski definition) is 4. The summed E-state index contributed by atoms with van der Waals surface area (Å²) in [4.78, 5) is 20.3. The second-order valence-corrected chi connectivity index (χ2v) is 9.99. The predicted octanol–water partition coefficient (Wildman–Crippen LogP) is 4.15. The normalized spacial score (nSPS) is 16.1. The van der Waals surface area contributed by atoms with E-state index in [1.807, 2.05) is 0 Å². The summed E-state index contributed by atoms with van der Waals surface area (Å²) in [6, 6.07) is 9.14. The van der Waals surface area contributed by atoms with Crippen LogP contribution in [0.3, 0.4) is 0 Å². The lowest BCUT2D eigenvalue weighted by atomic mass is 10.2. The molecule has 1 aliphatic heterocycles. The van der Waals surface area contributed by atoms with Crippen molar-refractivity contribution in [1.82, 2.24) is 19.6 Å². The minimum absolute atomic E-state index is 0.0184. The van der Waals surface area contributed by atoms with Gasteiger partial charge < -0.3 is 10.3 Å². The Balaban J connectivity index is 1.52. The number of fused-ring (bicyclic) bond motifs is 1. The molecule has 2 aromatic carbocycles. The Morgan fingerprint density at radius 1 is 1.17 bits per heavy atom. The first-order chi connectivity index (χ1) is 14.3. The highest BCUT2D eigenvalue weighted by Crippen LogP contribution is 2.28. The van der Waals surface area contributed by atoms with E-state index in [1.165, 1.54) is 22.5 Å². The lowest BCUT2D eigenvalue weighted by Gasteiger charge is -2.17. The van der Waals surface area contributed by atoms with E-state index in [9.17, 15) is 13.2 Å². The van der Waals surface area contributed by atoms with Gasteiger partial charge in [-0.3, -0.25) is 4.79 Å². The quantitative estimate of drug-likeness (QED) is 0.590. The van der Waals surface area contributed by atoms with Crippen LogP contribution in [0.2, 0.25) is 10.0 Å². The number of imidazole rings is 1. The zero-order valence-electron chi connectivity index (χ0n) is 16.2. The first-order valence-electron chi connectivity index (χ1n) is 9.51. The summed E-state index contributed by atoms with van der Waals surface area (Å²) in [6.07, 6.45) is 1.67. The van der Waals surface area contributed by atoms with Crippen molar-refractivity contribution in [3.63, 3.8) is 0 Å². The lowest BCUT2D eigenvalue weighted by molar-refractivity contribution is 0.0938. The SMILES string of the molecule is CC(NC(=O)c1ccc(S(=O)(=O)N2CCCC2)c(Cl)c1)c1nc2ccc(Cl)cc2[nH]1. The van der Waals surface area contributed by atoms with Crippen molar-refractivity contribution >= 4 is 50.2 Å². The molecule has 0 spiro atoms. The number of hydrogen-bond donors (Lipinski definition) is 2. The van der Waals surface area contributed by atoms with Gasteiger partial charge in [0.15, 0.2) is 0 Å². The summed E-state index contributed by atoms with van der Waals surface area (Å²) >= 11 is 12.2. The van der Waals surface area contributed by atoms with E-state index in [0.717, 1.165) is 23.9 Å². The Morgan fingerprint density at radius 3 is 2.60 bits per heavy atom. The highest BCUT2D eigenvalue weighted by molar-refractivity contribution is 7.89. The molecule has 10 heteroatoms. The number of benzene rings is 2. The van der Waals surface area contributed by atoms with E-state index in [4.69, 9.17) is 23.2 Å². The summed E-state index contributed by atoms with van der Waals surface area (Å²) in [6.45, 7) is 2.77. The minimum atomic E-state index is -3.65. The monoisotopic (exact) mass is 466 g/mol. The molecular weight excluding hydrogens is 447 g/mol. The molecule has 1 aromatic heterocycles. The molecule has 1 fully saturated rings. The maximum atomic E-state index is 12.7. The van der Waals surface area contributed by atoms with Gasteiger partial charge in [0.05, 0.1) is 22.1 Å². The topological polar surface area (TPSA) is 95.2 Å². The summed E-state index contributed by atoms with van der Waals surface area (Å²) in [5, 5.41) is 3.46. The highest BCUT2D eigenvalue weighted by atomic mass is 35.5. The molecule has 0 bridgehead atoms. The van der Waals surface area contributed by atoms with Crippen LogP contribution in [0.25, 0.3) is 11.0 Å². The maximum Gasteiger partial charge on any atom is 0.251 e. The van der Waals surface area contributed by atoms with Crippen LogP contribution < -0.4 is 5.32 Å². The minimum Gasteiger partial charge on any atom is -0.342 e. The number of rotatable bonds is 5. The molecule has 4 rings (SSSR count). The van der Waals surface area contributed by atoms with Crippen LogP contribution in [0.5, 0.6) is 0 Å². The molecule has 0 saturated carbocycles. The van der Waals surface area contributed by atoms with E-state index in [-0.39, 0.29) is 21.4 Å². The Bertz CT molecular complexity index is 1220. The van der Waals surface area contributed by atoms with Gasteiger partial charge in [-0.05, 0) is 56.2 Å². The molecule has 1 atom stereocenters. The molecule has 0 radical (unpaired) electrons. The third kappa shape index (κ3) is 4.05. The van der Waals surface area contributed by atoms with E-state index in [1.54, 1.807) is 25.1 Å². The molecule has 158 valence electrons. The molecule has 0 aliphatic carbocycles. The molecule has 1 aliphatic rings. The number of sulfonamides is 1. The van der Waals surface area contributed by atoms with Crippen molar-refractivity contribution in [2.24, 2.45) is 0 Å². The first kappa shape index (κ1) is 21.1. The van der Waals surface area contributed by atoms with Crippen molar-refractivity contribution in [1.29, 1.82) is 0 Å². The third-order valence-corrected chi connectivity index (χ3v) is 7.71. The van der Waals surface area contributed by atoms with Gasteiger partial charge in [0.2, 0.25) is 10.0 Å². The van der Waals surface area contributed by atoms with Gasteiger partial charge in [-0.1, -0.05) is 23.2 Å². The van der Waals surface area contributed by atoms with Gasteiger partial charge in [0.25, 0.3) is 5.91 Å². The average Bonchev–Trinajstić information content (AvgIpc) is 3.37. The number of nitrogens with zero attached hydrogens (tertiary/aromatic N) is 2. The van der Waals surface area contributed by atoms with Crippen LogP contribution in [0, 0.1) is 0 Å². The van der Waals surface area contributed by atoms with Crippen molar-refractivity contribution in [3.8, 4) is 0 Å². The number of halogens is 2. The largest absolute Gasteiger partial charge is 0.342 e. The van der Waals surface area contributed by atoms with E-state index in [2.05, 4.69) is 15.3 Å². The van der Waals surface area contributed by atoms with Crippen LogP contribution in [0.15, 0.2) is 41.3 Å². The number of carbonyl (C=O) groups is 1. The average molecular weight is 467 g/mol. The molecular formula is C20H20Cl2N4O3S. The fourth-order valence-electron chi connectivity index (χ4n) is 3.47. The second kappa shape index (κ2) is 8.19. The molecule has 7 nitrogen and oxygen atoms in total. The van der Waals surface area contributed by atoms with Crippen molar-refractivity contribution in [2.45, 2.75) is 30.7 Å². The Labute approximate surface area is 184 Å². The molecule has 30 heavy (non-hydrogen) atoms. The smallest absolute Gasteiger partial charge is 0.251 e. The number of aromatic amines is 1.